The van der Waals surface area contributed by atoms with E-state index >= 15 is 0 Å². The molecule has 194 valence electrons. The molecule has 1 aromatic carbocycles. The van der Waals surface area contributed by atoms with Crippen LogP contribution in [-0.2, 0) is 32.5 Å². The number of amides is 1. The van der Waals surface area contributed by atoms with Crippen LogP contribution < -0.4 is 10.0 Å². The van der Waals surface area contributed by atoms with Crippen LogP contribution in [0.4, 0.5) is 5.82 Å². The number of aromatic nitrogens is 1. The number of pyridine rings is 1. The first-order valence-electron chi connectivity index (χ1n) is 12.4. The Labute approximate surface area is 212 Å². The van der Waals surface area contributed by atoms with Crippen molar-refractivity contribution >= 4 is 27.7 Å². The molecule has 4 rings (SSSR count). The minimum atomic E-state index is -4.11. The first-order chi connectivity index (χ1) is 17.0. The molecule has 3 heterocycles. The average molecular weight is 515 g/mol. The highest BCUT2D eigenvalue weighted by atomic mass is 32.2. The number of carbonyl (C=O) groups is 2. The molecular formula is C26H34N4O5S. The monoisotopic (exact) mass is 514 g/mol. The molecule has 36 heavy (non-hydrogen) atoms. The van der Waals surface area contributed by atoms with Gasteiger partial charge in [-0.2, -0.15) is 4.72 Å². The van der Waals surface area contributed by atoms with Gasteiger partial charge in [-0.15, -0.1) is 0 Å². The van der Waals surface area contributed by atoms with E-state index < -0.39 is 28.5 Å². The van der Waals surface area contributed by atoms with E-state index in [2.05, 4.69) is 22.2 Å². The van der Waals surface area contributed by atoms with Crippen LogP contribution in [-0.4, -0.2) is 61.0 Å². The van der Waals surface area contributed by atoms with Crippen molar-refractivity contribution in [3.05, 3.63) is 52.2 Å². The van der Waals surface area contributed by atoms with Crippen molar-refractivity contribution in [3.8, 4) is 0 Å². The lowest BCUT2D eigenvalue weighted by molar-refractivity contribution is -0.145. The van der Waals surface area contributed by atoms with E-state index in [1.165, 1.54) is 5.56 Å². The van der Waals surface area contributed by atoms with Gasteiger partial charge < -0.3 is 15.3 Å². The van der Waals surface area contributed by atoms with E-state index in [9.17, 15) is 23.1 Å². The molecule has 0 spiro atoms. The van der Waals surface area contributed by atoms with Gasteiger partial charge in [-0.05, 0) is 75.1 Å². The number of fused-ring (bicyclic) bond motifs is 1. The van der Waals surface area contributed by atoms with Gasteiger partial charge in [0, 0.05) is 25.3 Å². The molecule has 1 atom stereocenters. The number of carboxylic acids is 1. The molecule has 1 fully saturated rings. The van der Waals surface area contributed by atoms with Crippen molar-refractivity contribution in [1.29, 1.82) is 0 Å². The number of rotatable bonds is 9. The maximum Gasteiger partial charge on any atom is 0.322 e. The fourth-order valence-corrected chi connectivity index (χ4v) is 6.78. The van der Waals surface area contributed by atoms with E-state index in [1.807, 2.05) is 6.92 Å². The third kappa shape index (κ3) is 5.87. The zero-order chi connectivity index (χ0) is 26.0. The van der Waals surface area contributed by atoms with E-state index in [1.54, 1.807) is 30.9 Å². The third-order valence-corrected chi connectivity index (χ3v) is 8.69. The highest BCUT2D eigenvalue weighted by Crippen LogP contribution is 2.25. The summed E-state index contributed by atoms with van der Waals surface area (Å²) < 4.78 is 28.2. The number of anilines is 1. The predicted octanol–water partition coefficient (Wildman–Crippen LogP) is 2.58. The molecule has 2 aliphatic heterocycles. The van der Waals surface area contributed by atoms with Gasteiger partial charge in [-0.1, -0.05) is 23.8 Å². The molecule has 2 aliphatic rings. The number of hydrogen-bond donors (Lipinski definition) is 3. The molecule has 10 heteroatoms. The summed E-state index contributed by atoms with van der Waals surface area (Å²) in [5.74, 6) is -0.451. The molecule has 1 saturated heterocycles. The van der Waals surface area contributed by atoms with E-state index in [0.717, 1.165) is 49.3 Å². The second kappa shape index (κ2) is 10.6. The maximum atomic E-state index is 13.0. The minimum Gasteiger partial charge on any atom is -0.480 e. The van der Waals surface area contributed by atoms with E-state index in [4.69, 9.17) is 4.98 Å². The molecule has 0 saturated carbocycles. The SMILES string of the molecule is Cc1cc(C)c(S(=O)(=O)N[C@@H](CC(=O)N2CC(CCc3ccc4c(n3)NCCC4)C2)C(=O)O)c(C)c1. The number of hydrogen-bond acceptors (Lipinski definition) is 6. The standard InChI is InChI=1S/C26H34N4O5S/c1-16-11-17(2)24(18(3)12-16)36(34,35)29-22(26(32)33)13-23(31)30-14-19(15-30)6-8-21-9-7-20-5-4-10-27-25(20)28-21/h7,9,11-12,19,22,29H,4-6,8,10,13-15H2,1-3H3,(H,27,28)(H,32,33)/t22-/m0/s1. The van der Waals surface area contributed by atoms with Gasteiger partial charge >= 0.3 is 5.97 Å². The number of nitrogens with one attached hydrogen (secondary N) is 2. The Kier molecular flexibility index (Phi) is 7.65. The van der Waals surface area contributed by atoms with Crippen LogP contribution in [0.1, 0.15) is 47.2 Å². The second-order valence-electron chi connectivity index (χ2n) is 9.99. The Balaban J connectivity index is 1.30. The van der Waals surface area contributed by atoms with Crippen molar-refractivity contribution in [3.63, 3.8) is 0 Å². The summed E-state index contributed by atoms with van der Waals surface area (Å²) in [4.78, 5) is 30.9. The number of carboxylic acid groups (broad SMARTS) is 1. The largest absolute Gasteiger partial charge is 0.480 e. The number of sulfonamides is 1. The highest BCUT2D eigenvalue weighted by Gasteiger charge is 2.35. The summed E-state index contributed by atoms with van der Waals surface area (Å²) in [5, 5.41) is 13.0. The molecular weight excluding hydrogens is 480 g/mol. The molecule has 0 bridgehead atoms. The first kappa shape index (κ1) is 26.1. The number of nitrogens with zero attached hydrogens (tertiary/aromatic N) is 2. The van der Waals surface area contributed by atoms with Crippen molar-refractivity contribution in [2.45, 2.75) is 63.8 Å². The topological polar surface area (TPSA) is 129 Å². The molecule has 0 aliphatic carbocycles. The quantitative estimate of drug-likeness (QED) is 0.469. The summed E-state index contributed by atoms with van der Waals surface area (Å²) in [6.07, 6.45) is 3.44. The van der Waals surface area contributed by atoms with E-state index in [0.29, 0.717) is 30.1 Å². The lowest BCUT2D eigenvalue weighted by atomic mass is 9.93. The number of aliphatic carboxylic acids is 1. The Morgan fingerprint density at radius 1 is 1.19 bits per heavy atom. The molecule has 1 aromatic heterocycles. The number of likely N-dealkylation sites (tertiary alicyclic amines) is 1. The van der Waals surface area contributed by atoms with Crippen LogP contribution in [0.5, 0.6) is 0 Å². The summed E-state index contributed by atoms with van der Waals surface area (Å²) in [6.45, 7) is 7.23. The molecule has 0 unspecified atom stereocenters. The lowest BCUT2D eigenvalue weighted by Crippen LogP contribution is -2.53. The van der Waals surface area contributed by atoms with Crippen LogP contribution in [0.25, 0.3) is 0 Å². The van der Waals surface area contributed by atoms with Gasteiger partial charge in [0.15, 0.2) is 0 Å². The minimum absolute atomic E-state index is 0.0572. The van der Waals surface area contributed by atoms with Gasteiger partial charge in [-0.3, -0.25) is 9.59 Å². The third-order valence-electron chi connectivity index (χ3n) is 6.92. The molecule has 1 amide bonds. The van der Waals surface area contributed by atoms with Gasteiger partial charge in [0.25, 0.3) is 0 Å². The van der Waals surface area contributed by atoms with Crippen molar-refractivity contribution in [2.75, 3.05) is 25.0 Å². The van der Waals surface area contributed by atoms with Gasteiger partial charge in [0.1, 0.15) is 11.9 Å². The van der Waals surface area contributed by atoms with Gasteiger partial charge in [-0.25, -0.2) is 13.4 Å². The molecule has 0 radical (unpaired) electrons. The highest BCUT2D eigenvalue weighted by molar-refractivity contribution is 7.89. The van der Waals surface area contributed by atoms with Crippen molar-refractivity contribution in [1.82, 2.24) is 14.6 Å². The predicted molar refractivity (Wildman–Crippen MR) is 136 cm³/mol. The molecule has 2 aromatic rings. The van der Waals surface area contributed by atoms with E-state index in [-0.39, 0.29) is 10.8 Å². The smallest absolute Gasteiger partial charge is 0.322 e. The summed E-state index contributed by atoms with van der Waals surface area (Å²) in [6, 6.07) is 6.13. The lowest BCUT2D eigenvalue weighted by Gasteiger charge is -2.40. The second-order valence-corrected chi connectivity index (χ2v) is 11.6. The normalized spacial score (nSPS) is 16.6. The number of benzene rings is 1. The summed E-state index contributed by atoms with van der Waals surface area (Å²) in [5.41, 5.74) is 4.26. The maximum absolute atomic E-state index is 13.0. The van der Waals surface area contributed by atoms with Gasteiger partial charge in [0.05, 0.1) is 11.3 Å². The summed E-state index contributed by atoms with van der Waals surface area (Å²) in [7, 11) is -4.11. The van der Waals surface area contributed by atoms with Crippen LogP contribution in [0, 0.1) is 26.7 Å². The summed E-state index contributed by atoms with van der Waals surface area (Å²) >= 11 is 0. The van der Waals surface area contributed by atoms with Crippen LogP contribution in [0.2, 0.25) is 0 Å². The Bertz CT molecular complexity index is 1250. The fourth-order valence-electron chi connectivity index (χ4n) is 5.14. The first-order valence-corrected chi connectivity index (χ1v) is 13.8. The van der Waals surface area contributed by atoms with Crippen LogP contribution in [0.3, 0.4) is 0 Å². The number of carbonyl (C=O) groups excluding carboxylic acids is 1. The van der Waals surface area contributed by atoms with Crippen LogP contribution >= 0.6 is 0 Å². The number of aryl methyl sites for hydroxylation is 5. The fraction of sp³-hybridized carbons (Fsp3) is 0.500. The van der Waals surface area contributed by atoms with Crippen LogP contribution in [0.15, 0.2) is 29.2 Å². The Hall–Kier alpha value is -2.98. The Morgan fingerprint density at radius 2 is 1.89 bits per heavy atom. The van der Waals surface area contributed by atoms with Crippen molar-refractivity contribution < 1.29 is 23.1 Å². The zero-order valence-corrected chi connectivity index (χ0v) is 21.8. The zero-order valence-electron chi connectivity index (χ0n) is 21.0. The van der Waals surface area contributed by atoms with Gasteiger partial charge in [0.2, 0.25) is 15.9 Å². The Morgan fingerprint density at radius 3 is 2.56 bits per heavy atom. The van der Waals surface area contributed by atoms with Crippen molar-refractivity contribution in [2.24, 2.45) is 5.92 Å². The average Bonchev–Trinajstić information content (AvgIpc) is 2.76. The molecule has 9 nitrogen and oxygen atoms in total. The molecule has 3 N–H and O–H groups in total.